The first-order valence-corrected chi connectivity index (χ1v) is 10.9. The van der Waals surface area contributed by atoms with E-state index in [0.717, 1.165) is 22.2 Å². The number of carbonyl (C=O) groups is 3. The molecule has 11 heteroatoms. The number of carbonyl (C=O) groups excluding carboxylic acids is 3. The Bertz CT molecular complexity index is 1050. The molecule has 0 atom stereocenters. The van der Waals surface area contributed by atoms with Crippen LogP contribution in [0.5, 0.6) is 5.75 Å². The van der Waals surface area contributed by atoms with Gasteiger partial charge in [0.05, 0.1) is 11.5 Å². The lowest BCUT2D eigenvalue weighted by molar-refractivity contribution is -0.127. The lowest BCUT2D eigenvalue weighted by Crippen LogP contribution is -2.38. The first-order chi connectivity index (χ1) is 15.8. The molecule has 0 aromatic heterocycles. The summed E-state index contributed by atoms with van der Waals surface area (Å²) in [4.78, 5) is 37.8. The number of ether oxygens (including phenoxy) is 2. The molecule has 0 radical (unpaired) electrons. The second kappa shape index (κ2) is 11.8. The van der Waals surface area contributed by atoms with Crippen molar-refractivity contribution in [2.75, 3.05) is 19.7 Å². The average molecular weight is 497 g/mol. The summed E-state index contributed by atoms with van der Waals surface area (Å²) in [5.74, 6) is -0.903. The van der Waals surface area contributed by atoms with E-state index < -0.39 is 23.7 Å². The van der Waals surface area contributed by atoms with Crippen molar-refractivity contribution < 1.29 is 32.6 Å². The molecule has 2 aromatic carbocycles. The summed E-state index contributed by atoms with van der Waals surface area (Å²) in [5.41, 5.74) is 1.30. The van der Waals surface area contributed by atoms with E-state index in [1.165, 1.54) is 30.3 Å². The number of alkyl halides is 2. The van der Waals surface area contributed by atoms with E-state index in [9.17, 15) is 23.2 Å². The third-order valence-corrected chi connectivity index (χ3v) is 5.66. The molecule has 1 saturated heterocycles. The van der Waals surface area contributed by atoms with Crippen LogP contribution in [0.15, 0.2) is 53.4 Å². The van der Waals surface area contributed by atoms with Crippen LogP contribution < -0.4 is 10.1 Å². The van der Waals surface area contributed by atoms with E-state index in [0.29, 0.717) is 10.6 Å². The van der Waals surface area contributed by atoms with Crippen molar-refractivity contribution >= 4 is 46.5 Å². The molecule has 0 spiro atoms. The van der Waals surface area contributed by atoms with Crippen LogP contribution in [0.2, 0.25) is 5.02 Å². The van der Waals surface area contributed by atoms with Gasteiger partial charge in [-0.3, -0.25) is 19.3 Å². The highest BCUT2D eigenvalue weighted by Crippen LogP contribution is 2.32. The number of benzene rings is 2. The number of hydrogen-bond acceptors (Lipinski definition) is 6. The molecule has 0 bridgehead atoms. The van der Waals surface area contributed by atoms with Gasteiger partial charge in [-0.1, -0.05) is 41.9 Å². The van der Waals surface area contributed by atoms with Gasteiger partial charge in [-0.05, 0) is 47.2 Å². The van der Waals surface area contributed by atoms with E-state index in [2.05, 4.69) is 10.1 Å². The largest absolute Gasteiger partial charge is 0.435 e. The van der Waals surface area contributed by atoms with Crippen LogP contribution in [0.1, 0.15) is 11.1 Å². The van der Waals surface area contributed by atoms with Crippen LogP contribution in [-0.2, 0) is 20.9 Å². The second-order valence-corrected chi connectivity index (χ2v) is 8.12. The van der Waals surface area contributed by atoms with Crippen molar-refractivity contribution in [2.24, 2.45) is 0 Å². The van der Waals surface area contributed by atoms with E-state index in [1.807, 2.05) is 6.07 Å². The lowest BCUT2D eigenvalue weighted by Gasteiger charge is -2.13. The van der Waals surface area contributed by atoms with Gasteiger partial charge in [0.2, 0.25) is 5.91 Å². The van der Waals surface area contributed by atoms with Crippen molar-refractivity contribution in [1.29, 1.82) is 0 Å². The summed E-state index contributed by atoms with van der Waals surface area (Å²) >= 11 is 6.78. The van der Waals surface area contributed by atoms with Gasteiger partial charge in [-0.25, -0.2) is 0 Å². The molecule has 1 heterocycles. The normalized spacial score (nSPS) is 14.9. The molecule has 174 valence electrons. The molecule has 33 heavy (non-hydrogen) atoms. The number of nitrogens with zero attached hydrogens (tertiary/aromatic N) is 1. The fourth-order valence-corrected chi connectivity index (χ4v) is 3.87. The van der Waals surface area contributed by atoms with Crippen molar-refractivity contribution in [3.63, 3.8) is 0 Å². The number of imide groups is 1. The SMILES string of the molecule is O=C(COCc1ccccc1Cl)NCCN1C(=O)S/C(=C\c2ccc(OC(F)F)cc2)C1=O. The second-order valence-electron chi connectivity index (χ2n) is 6.72. The number of thioether (sulfide) groups is 1. The van der Waals surface area contributed by atoms with E-state index in [1.54, 1.807) is 18.2 Å². The molecule has 7 nitrogen and oxygen atoms in total. The van der Waals surface area contributed by atoms with Gasteiger partial charge in [0.25, 0.3) is 11.1 Å². The van der Waals surface area contributed by atoms with E-state index >= 15 is 0 Å². The summed E-state index contributed by atoms with van der Waals surface area (Å²) in [7, 11) is 0. The van der Waals surface area contributed by atoms with Gasteiger partial charge in [-0.15, -0.1) is 0 Å². The van der Waals surface area contributed by atoms with Gasteiger partial charge >= 0.3 is 6.61 Å². The Morgan fingerprint density at radius 3 is 2.58 bits per heavy atom. The molecule has 0 aliphatic carbocycles. The van der Waals surface area contributed by atoms with Gasteiger partial charge < -0.3 is 14.8 Å². The summed E-state index contributed by atoms with van der Waals surface area (Å²) in [6.07, 6.45) is 1.48. The maximum atomic E-state index is 12.5. The zero-order chi connectivity index (χ0) is 23.8. The van der Waals surface area contributed by atoms with Gasteiger partial charge in [0.15, 0.2) is 0 Å². The molecule has 3 rings (SSSR count). The van der Waals surface area contributed by atoms with Crippen molar-refractivity contribution in [3.05, 3.63) is 69.6 Å². The summed E-state index contributed by atoms with van der Waals surface area (Å²) in [5, 5.41) is 2.67. The number of amides is 3. The van der Waals surface area contributed by atoms with Gasteiger partial charge in [0.1, 0.15) is 12.4 Å². The highest BCUT2D eigenvalue weighted by atomic mass is 35.5. The Morgan fingerprint density at radius 1 is 1.15 bits per heavy atom. The minimum absolute atomic E-state index is 0.000569. The fourth-order valence-electron chi connectivity index (χ4n) is 2.82. The monoisotopic (exact) mass is 496 g/mol. The van der Waals surface area contributed by atoms with Crippen LogP contribution in [-0.4, -0.2) is 48.3 Å². The van der Waals surface area contributed by atoms with Crippen LogP contribution in [0.25, 0.3) is 6.08 Å². The number of rotatable bonds is 10. The first kappa shape index (κ1) is 24.7. The van der Waals surface area contributed by atoms with Crippen LogP contribution in [0, 0.1) is 0 Å². The quantitative estimate of drug-likeness (QED) is 0.493. The molecule has 1 fully saturated rings. The standard InChI is InChI=1S/C22H19ClF2N2O5S/c23-17-4-2-1-3-15(17)12-31-13-19(28)26-9-10-27-20(29)18(33-22(27)30)11-14-5-7-16(8-6-14)32-21(24)25/h1-8,11,21H,9-10,12-13H2,(H,26,28)/b18-11-. The molecule has 1 aliphatic rings. The molecule has 3 amide bonds. The van der Waals surface area contributed by atoms with Gasteiger partial charge in [-0.2, -0.15) is 8.78 Å². The smallest absolute Gasteiger partial charge is 0.387 e. The van der Waals surface area contributed by atoms with Crippen LogP contribution >= 0.6 is 23.4 Å². The predicted octanol–water partition coefficient (Wildman–Crippen LogP) is 4.31. The summed E-state index contributed by atoms with van der Waals surface area (Å²) < 4.78 is 34.0. The van der Waals surface area contributed by atoms with Crippen molar-refractivity contribution in [3.8, 4) is 5.75 Å². The molecular weight excluding hydrogens is 478 g/mol. The zero-order valence-corrected chi connectivity index (χ0v) is 18.7. The zero-order valence-electron chi connectivity index (χ0n) is 17.1. The Morgan fingerprint density at radius 2 is 1.88 bits per heavy atom. The Hall–Kier alpha value is -2.95. The fraction of sp³-hybridized carbons (Fsp3) is 0.227. The molecular formula is C22H19ClF2N2O5S. The minimum Gasteiger partial charge on any atom is -0.435 e. The molecule has 0 saturated carbocycles. The van der Waals surface area contributed by atoms with Crippen LogP contribution in [0.3, 0.4) is 0 Å². The van der Waals surface area contributed by atoms with Crippen molar-refractivity contribution in [1.82, 2.24) is 10.2 Å². The Balaban J connectivity index is 1.44. The maximum absolute atomic E-state index is 12.5. The average Bonchev–Trinajstić information content (AvgIpc) is 3.03. The van der Waals surface area contributed by atoms with E-state index in [4.69, 9.17) is 16.3 Å². The third-order valence-electron chi connectivity index (χ3n) is 4.38. The summed E-state index contributed by atoms with van der Waals surface area (Å²) in [6, 6.07) is 12.8. The Labute approximate surface area is 197 Å². The first-order valence-electron chi connectivity index (χ1n) is 9.71. The molecule has 1 aliphatic heterocycles. The molecule has 2 aromatic rings. The van der Waals surface area contributed by atoms with Crippen molar-refractivity contribution in [2.45, 2.75) is 13.2 Å². The third kappa shape index (κ3) is 7.28. The lowest BCUT2D eigenvalue weighted by atomic mass is 10.2. The molecule has 1 N–H and O–H groups in total. The predicted molar refractivity (Wildman–Crippen MR) is 120 cm³/mol. The van der Waals surface area contributed by atoms with E-state index in [-0.39, 0.29) is 37.0 Å². The highest BCUT2D eigenvalue weighted by Gasteiger charge is 2.34. The number of hydrogen-bond donors (Lipinski definition) is 1. The molecule has 0 unspecified atom stereocenters. The highest BCUT2D eigenvalue weighted by molar-refractivity contribution is 8.18. The number of nitrogens with one attached hydrogen (secondary N) is 1. The Kier molecular flexibility index (Phi) is 8.81. The number of halogens is 3. The summed E-state index contributed by atoms with van der Waals surface area (Å²) in [6.45, 7) is -2.88. The van der Waals surface area contributed by atoms with Gasteiger partial charge in [0, 0.05) is 18.1 Å². The van der Waals surface area contributed by atoms with Crippen LogP contribution in [0.4, 0.5) is 13.6 Å². The topological polar surface area (TPSA) is 84.9 Å². The maximum Gasteiger partial charge on any atom is 0.387 e. The minimum atomic E-state index is -2.93.